The lowest BCUT2D eigenvalue weighted by Gasteiger charge is -2.29. The second-order valence-corrected chi connectivity index (χ2v) is 5.43. The molecule has 0 saturated carbocycles. The number of nitrogens with zero attached hydrogens (tertiary/aromatic N) is 1. The van der Waals surface area contributed by atoms with E-state index in [-0.39, 0.29) is 5.91 Å². The largest absolute Gasteiger partial charge is 0.341 e. The third-order valence-electron chi connectivity index (χ3n) is 4.09. The Morgan fingerprint density at radius 1 is 1.00 bits per heavy atom. The van der Waals surface area contributed by atoms with Gasteiger partial charge in [0.05, 0.1) is 0 Å². The predicted octanol–water partition coefficient (Wildman–Crippen LogP) is 2.85. The zero-order valence-corrected chi connectivity index (χ0v) is 11.6. The highest BCUT2D eigenvalue weighted by molar-refractivity contribution is 5.92. The highest BCUT2D eigenvalue weighted by Gasteiger charge is 2.24. The van der Waals surface area contributed by atoms with Crippen molar-refractivity contribution in [3.05, 3.63) is 48.0 Å². The van der Waals surface area contributed by atoms with E-state index in [0.717, 1.165) is 42.3 Å². The fourth-order valence-electron chi connectivity index (χ4n) is 2.97. The van der Waals surface area contributed by atoms with Gasteiger partial charge in [0, 0.05) is 13.1 Å². The topological polar surface area (TPSA) is 46.3 Å². The third-order valence-corrected chi connectivity index (χ3v) is 4.09. The summed E-state index contributed by atoms with van der Waals surface area (Å²) >= 11 is 0. The fourth-order valence-corrected chi connectivity index (χ4v) is 2.97. The van der Waals surface area contributed by atoms with Crippen molar-refractivity contribution in [3.8, 4) is 0 Å². The number of rotatable bonds is 2. The maximum Gasteiger partial charge on any atom is 0.244 e. The maximum atomic E-state index is 12.5. The van der Waals surface area contributed by atoms with E-state index < -0.39 is 6.04 Å². The van der Waals surface area contributed by atoms with Crippen LogP contribution in [0, 0.1) is 0 Å². The summed E-state index contributed by atoms with van der Waals surface area (Å²) in [5, 5.41) is 2.21. The monoisotopic (exact) mass is 268 g/mol. The first-order valence-corrected chi connectivity index (χ1v) is 7.29. The van der Waals surface area contributed by atoms with Crippen LogP contribution in [0.15, 0.2) is 42.5 Å². The second kappa shape index (κ2) is 5.63. The number of fused-ring (bicyclic) bond motifs is 1. The molecule has 3 nitrogen and oxygen atoms in total. The van der Waals surface area contributed by atoms with E-state index in [2.05, 4.69) is 12.1 Å². The molecule has 1 atom stereocenters. The quantitative estimate of drug-likeness (QED) is 0.910. The minimum atomic E-state index is -0.556. The summed E-state index contributed by atoms with van der Waals surface area (Å²) in [5.74, 6) is 0.0565. The lowest BCUT2D eigenvalue weighted by Crippen LogP contribution is -2.41. The molecule has 1 aliphatic rings. The summed E-state index contributed by atoms with van der Waals surface area (Å²) in [6.45, 7) is 1.69. The lowest BCUT2D eigenvalue weighted by molar-refractivity contribution is -0.133. The average Bonchev–Trinajstić information content (AvgIpc) is 2.54. The van der Waals surface area contributed by atoms with Crippen LogP contribution in [0.25, 0.3) is 10.8 Å². The molecule has 3 rings (SSSR count). The number of hydrogen-bond acceptors (Lipinski definition) is 2. The van der Waals surface area contributed by atoms with Crippen molar-refractivity contribution >= 4 is 16.7 Å². The molecule has 0 bridgehead atoms. The number of nitrogens with two attached hydrogens (primary N) is 1. The Labute approximate surface area is 119 Å². The second-order valence-electron chi connectivity index (χ2n) is 5.43. The molecular formula is C17H20N2O. The van der Waals surface area contributed by atoms with Crippen molar-refractivity contribution < 1.29 is 4.79 Å². The zero-order valence-electron chi connectivity index (χ0n) is 11.6. The van der Waals surface area contributed by atoms with E-state index >= 15 is 0 Å². The molecule has 1 aliphatic heterocycles. The normalized spacial score (nSPS) is 17.1. The molecule has 3 heteroatoms. The number of hydrogen-bond donors (Lipinski definition) is 1. The lowest BCUT2D eigenvalue weighted by atomic mass is 9.98. The van der Waals surface area contributed by atoms with E-state index in [1.54, 1.807) is 0 Å². The average molecular weight is 268 g/mol. The number of piperidine rings is 1. The van der Waals surface area contributed by atoms with E-state index in [1.807, 2.05) is 35.2 Å². The van der Waals surface area contributed by atoms with Crippen molar-refractivity contribution in [2.24, 2.45) is 5.73 Å². The van der Waals surface area contributed by atoms with Crippen LogP contribution in [0.5, 0.6) is 0 Å². The van der Waals surface area contributed by atoms with Gasteiger partial charge in [-0.3, -0.25) is 4.79 Å². The van der Waals surface area contributed by atoms with Gasteiger partial charge in [0.2, 0.25) is 5.91 Å². The van der Waals surface area contributed by atoms with Gasteiger partial charge in [-0.1, -0.05) is 42.5 Å². The third kappa shape index (κ3) is 2.41. The molecule has 2 aromatic rings. The molecule has 1 fully saturated rings. The summed E-state index contributed by atoms with van der Waals surface area (Å²) in [7, 11) is 0. The maximum absolute atomic E-state index is 12.5. The summed E-state index contributed by atoms with van der Waals surface area (Å²) in [4.78, 5) is 14.5. The SMILES string of the molecule is N[C@@H](C(=O)N1CCCCC1)c1cccc2ccccc12. The first-order valence-electron chi connectivity index (χ1n) is 7.29. The van der Waals surface area contributed by atoms with Crippen LogP contribution in [-0.4, -0.2) is 23.9 Å². The molecule has 0 unspecified atom stereocenters. The number of benzene rings is 2. The highest BCUT2D eigenvalue weighted by Crippen LogP contribution is 2.25. The van der Waals surface area contributed by atoms with Gasteiger partial charge in [-0.2, -0.15) is 0 Å². The van der Waals surface area contributed by atoms with E-state index in [9.17, 15) is 4.79 Å². The fraction of sp³-hybridized carbons (Fsp3) is 0.353. The van der Waals surface area contributed by atoms with Crippen LogP contribution >= 0.6 is 0 Å². The van der Waals surface area contributed by atoms with Gasteiger partial charge >= 0.3 is 0 Å². The Hall–Kier alpha value is -1.87. The van der Waals surface area contributed by atoms with Gasteiger partial charge < -0.3 is 10.6 Å². The first kappa shape index (κ1) is 13.1. The van der Waals surface area contributed by atoms with Gasteiger partial charge in [0.25, 0.3) is 0 Å². The van der Waals surface area contributed by atoms with E-state index in [1.165, 1.54) is 6.42 Å². The first-order chi connectivity index (χ1) is 9.77. The van der Waals surface area contributed by atoms with Crippen LogP contribution in [0.4, 0.5) is 0 Å². The Morgan fingerprint density at radius 2 is 1.70 bits per heavy atom. The minimum Gasteiger partial charge on any atom is -0.341 e. The molecule has 104 valence electrons. The van der Waals surface area contributed by atoms with Crippen molar-refractivity contribution in [3.63, 3.8) is 0 Å². The molecule has 20 heavy (non-hydrogen) atoms. The molecule has 0 spiro atoms. The molecule has 0 radical (unpaired) electrons. The molecule has 0 aromatic heterocycles. The van der Waals surface area contributed by atoms with Gasteiger partial charge in [0.1, 0.15) is 6.04 Å². The molecule has 2 aromatic carbocycles. The summed E-state index contributed by atoms with van der Waals surface area (Å²) in [6.07, 6.45) is 3.40. The number of carbonyl (C=O) groups is 1. The van der Waals surface area contributed by atoms with Crippen molar-refractivity contribution in [2.75, 3.05) is 13.1 Å². The molecule has 1 heterocycles. The summed E-state index contributed by atoms with van der Waals surface area (Å²) in [6, 6.07) is 13.5. The number of carbonyl (C=O) groups excluding carboxylic acids is 1. The number of amides is 1. The van der Waals surface area contributed by atoms with Crippen LogP contribution in [0.1, 0.15) is 30.9 Å². The summed E-state index contributed by atoms with van der Waals surface area (Å²) in [5.41, 5.74) is 7.17. The van der Waals surface area contributed by atoms with Crippen molar-refractivity contribution in [1.82, 2.24) is 4.90 Å². The van der Waals surface area contributed by atoms with Crippen LogP contribution in [0.2, 0.25) is 0 Å². The Kier molecular flexibility index (Phi) is 3.70. The van der Waals surface area contributed by atoms with Gasteiger partial charge in [-0.05, 0) is 35.6 Å². The zero-order chi connectivity index (χ0) is 13.9. The van der Waals surface area contributed by atoms with Crippen molar-refractivity contribution in [1.29, 1.82) is 0 Å². The Morgan fingerprint density at radius 3 is 2.50 bits per heavy atom. The molecule has 1 amide bonds. The smallest absolute Gasteiger partial charge is 0.244 e. The van der Waals surface area contributed by atoms with Crippen molar-refractivity contribution in [2.45, 2.75) is 25.3 Å². The number of likely N-dealkylation sites (tertiary alicyclic amines) is 1. The van der Waals surface area contributed by atoms with Gasteiger partial charge in [-0.15, -0.1) is 0 Å². The van der Waals surface area contributed by atoms with E-state index in [0.29, 0.717) is 0 Å². The van der Waals surface area contributed by atoms with Gasteiger partial charge in [-0.25, -0.2) is 0 Å². The standard InChI is InChI=1S/C17H20N2O/c18-16(17(20)19-11-4-1-5-12-19)15-10-6-8-13-7-2-3-9-14(13)15/h2-3,6-10,16H,1,4-5,11-12,18H2/t16-/m1/s1. The summed E-state index contributed by atoms with van der Waals surface area (Å²) < 4.78 is 0. The minimum absolute atomic E-state index is 0.0565. The van der Waals surface area contributed by atoms with E-state index in [4.69, 9.17) is 5.73 Å². The highest BCUT2D eigenvalue weighted by atomic mass is 16.2. The Balaban J connectivity index is 1.91. The molecule has 1 saturated heterocycles. The molecule has 0 aliphatic carbocycles. The van der Waals surface area contributed by atoms with Crippen LogP contribution in [0.3, 0.4) is 0 Å². The van der Waals surface area contributed by atoms with Crippen LogP contribution in [-0.2, 0) is 4.79 Å². The predicted molar refractivity (Wildman–Crippen MR) is 81.3 cm³/mol. The van der Waals surface area contributed by atoms with Gasteiger partial charge in [0.15, 0.2) is 0 Å². The van der Waals surface area contributed by atoms with Crippen LogP contribution < -0.4 is 5.73 Å². The molecular weight excluding hydrogens is 248 g/mol. The Bertz CT molecular complexity index is 612. The molecule has 2 N–H and O–H groups in total.